The van der Waals surface area contributed by atoms with Gasteiger partial charge in [0.1, 0.15) is 5.82 Å². The first-order valence-electron chi connectivity index (χ1n) is 8.05. The first kappa shape index (κ1) is 15.3. The summed E-state index contributed by atoms with van der Waals surface area (Å²) < 4.78 is 0. The molecule has 1 aliphatic carbocycles. The standard InChI is InChI=1S/C17H29N3/c1-4-5-13-6-8-14(9-7-13)16(19-3)15-12(2)10-11-20-17(15)18/h10-11,13-14,16,19H,4-9H2,1-3H3,(H2,18,20). The van der Waals surface area contributed by atoms with Crippen LogP contribution in [0.15, 0.2) is 12.3 Å². The molecular formula is C17H29N3. The van der Waals surface area contributed by atoms with Crippen LogP contribution in [0.25, 0.3) is 0 Å². The van der Waals surface area contributed by atoms with E-state index in [1.165, 1.54) is 49.7 Å². The summed E-state index contributed by atoms with van der Waals surface area (Å²) in [6.07, 6.45) is 9.88. The number of nitrogens with zero attached hydrogens (tertiary/aromatic N) is 1. The summed E-state index contributed by atoms with van der Waals surface area (Å²) in [5, 5.41) is 3.50. The molecule has 1 aliphatic rings. The van der Waals surface area contributed by atoms with Gasteiger partial charge >= 0.3 is 0 Å². The summed E-state index contributed by atoms with van der Waals surface area (Å²) in [4.78, 5) is 4.29. The number of nitrogens with two attached hydrogens (primary N) is 1. The van der Waals surface area contributed by atoms with Gasteiger partial charge in [0.25, 0.3) is 0 Å². The van der Waals surface area contributed by atoms with E-state index >= 15 is 0 Å². The van der Waals surface area contributed by atoms with Gasteiger partial charge in [-0.05, 0) is 50.3 Å². The van der Waals surface area contributed by atoms with Crippen molar-refractivity contribution >= 4 is 5.82 Å². The minimum Gasteiger partial charge on any atom is -0.383 e. The highest BCUT2D eigenvalue weighted by Gasteiger charge is 2.29. The van der Waals surface area contributed by atoms with Crippen LogP contribution in [0.5, 0.6) is 0 Å². The fraction of sp³-hybridized carbons (Fsp3) is 0.706. The largest absolute Gasteiger partial charge is 0.383 e. The van der Waals surface area contributed by atoms with Crippen molar-refractivity contribution in [1.29, 1.82) is 0 Å². The minimum absolute atomic E-state index is 0.353. The Morgan fingerprint density at radius 2 is 2.05 bits per heavy atom. The van der Waals surface area contributed by atoms with Gasteiger partial charge in [-0.15, -0.1) is 0 Å². The van der Waals surface area contributed by atoms with Crippen LogP contribution in [-0.4, -0.2) is 12.0 Å². The highest BCUT2D eigenvalue weighted by Crippen LogP contribution is 2.40. The number of hydrogen-bond acceptors (Lipinski definition) is 3. The quantitative estimate of drug-likeness (QED) is 0.858. The van der Waals surface area contributed by atoms with E-state index < -0.39 is 0 Å². The molecule has 20 heavy (non-hydrogen) atoms. The van der Waals surface area contributed by atoms with Gasteiger partial charge in [-0.1, -0.05) is 32.6 Å². The van der Waals surface area contributed by atoms with Gasteiger partial charge in [0.15, 0.2) is 0 Å². The summed E-state index contributed by atoms with van der Waals surface area (Å²) >= 11 is 0. The predicted octanol–water partition coefficient (Wildman–Crippen LogP) is 3.84. The lowest BCUT2D eigenvalue weighted by atomic mass is 9.75. The number of rotatable bonds is 5. The van der Waals surface area contributed by atoms with Crippen molar-refractivity contribution in [2.24, 2.45) is 11.8 Å². The van der Waals surface area contributed by atoms with E-state index in [0.29, 0.717) is 17.8 Å². The number of anilines is 1. The molecule has 1 aromatic heterocycles. The number of aryl methyl sites for hydroxylation is 1. The van der Waals surface area contributed by atoms with Gasteiger partial charge in [-0.2, -0.15) is 0 Å². The first-order chi connectivity index (χ1) is 9.67. The van der Waals surface area contributed by atoms with Crippen molar-refractivity contribution in [2.45, 2.75) is 58.4 Å². The van der Waals surface area contributed by atoms with Crippen LogP contribution in [0, 0.1) is 18.8 Å². The lowest BCUT2D eigenvalue weighted by Crippen LogP contribution is -2.30. The summed E-state index contributed by atoms with van der Waals surface area (Å²) in [6.45, 7) is 4.43. The van der Waals surface area contributed by atoms with Gasteiger partial charge in [0, 0.05) is 17.8 Å². The molecule has 1 atom stereocenters. The monoisotopic (exact) mass is 275 g/mol. The highest BCUT2D eigenvalue weighted by molar-refractivity contribution is 5.46. The van der Waals surface area contributed by atoms with Crippen LogP contribution >= 0.6 is 0 Å². The molecule has 0 saturated heterocycles. The molecule has 3 N–H and O–H groups in total. The van der Waals surface area contributed by atoms with Crippen LogP contribution < -0.4 is 11.1 Å². The number of nitrogen functional groups attached to an aromatic ring is 1. The van der Waals surface area contributed by atoms with Crippen LogP contribution in [0.4, 0.5) is 5.82 Å². The lowest BCUT2D eigenvalue weighted by molar-refractivity contribution is 0.219. The summed E-state index contributed by atoms with van der Waals surface area (Å²) in [5.41, 5.74) is 8.60. The average molecular weight is 275 g/mol. The maximum absolute atomic E-state index is 6.13. The van der Waals surface area contributed by atoms with Gasteiger partial charge in [0.05, 0.1) is 0 Å². The Hall–Kier alpha value is -1.09. The number of nitrogens with one attached hydrogen (secondary N) is 1. The molecule has 1 fully saturated rings. The molecule has 1 unspecified atom stereocenters. The van der Waals surface area contributed by atoms with Gasteiger partial charge in [0.2, 0.25) is 0 Å². The van der Waals surface area contributed by atoms with Gasteiger partial charge in [-0.3, -0.25) is 0 Å². The molecular weight excluding hydrogens is 246 g/mol. The number of aromatic nitrogens is 1. The molecule has 1 aromatic rings. The molecule has 0 aromatic carbocycles. The van der Waals surface area contributed by atoms with Crippen molar-refractivity contribution < 1.29 is 0 Å². The molecule has 1 saturated carbocycles. The average Bonchev–Trinajstić information content (AvgIpc) is 2.45. The normalized spacial score (nSPS) is 24.6. The maximum atomic E-state index is 6.13. The molecule has 0 amide bonds. The molecule has 0 bridgehead atoms. The topological polar surface area (TPSA) is 50.9 Å². The third-order valence-electron chi connectivity index (χ3n) is 4.92. The van der Waals surface area contributed by atoms with E-state index in [1.807, 2.05) is 0 Å². The summed E-state index contributed by atoms with van der Waals surface area (Å²) in [7, 11) is 2.05. The number of pyridine rings is 1. The fourth-order valence-electron chi connectivity index (χ4n) is 3.83. The van der Waals surface area contributed by atoms with Crippen LogP contribution in [0.1, 0.15) is 62.6 Å². The van der Waals surface area contributed by atoms with Crippen molar-refractivity contribution in [2.75, 3.05) is 12.8 Å². The Morgan fingerprint density at radius 1 is 1.35 bits per heavy atom. The van der Waals surface area contributed by atoms with Crippen molar-refractivity contribution in [3.05, 3.63) is 23.4 Å². The zero-order chi connectivity index (χ0) is 14.5. The fourth-order valence-corrected chi connectivity index (χ4v) is 3.83. The summed E-state index contributed by atoms with van der Waals surface area (Å²) in [6, 6.07) is 2.42. The SMILES string of the molecule is CCCC1CCC(C(NC)c2c(C)ccnc2N)CC1. The molecule has 2 rings (SSSR count). The molecule has 3 nitrogen and oxygen atoms in total. The van der Waals surface area contributed by atoms with Crippen molar-refractivity contribution in [3.8, 4) is 0 Å². The molecule has 0 radical (unpaired) electrons. The second kappa shape index (κ2) is 7.07. The number of hydrogen-bond donors (Lipinski definition) is 2. The molecule has 112 valence electrons. The van der Waals surface area contributed by atoms with E-state index in [1.54, 1.807) is 6.20 Å². The maximum Gasteiger partial charge on any atom is 0.128 e. The smallest absolute Gasteiger partial charge is 0.128 e. The highest BCUT2D eigenvalue weighted by atomic mass is 14.9. The summed E-state index contributed by atoms with van der Waals surface area (Å²) in [5.74, 6) is 2.33. The Balaban J connectivity index is 2.10. The van der Waals surface area contributed by atoms with Gasteiger partial charge in [-0.25, -0.2) is 4.98 Å². The second-order valence-corrected chi connectivity index (χ2v) is 6.26. The van der Waals surface area contributed by atoms with E-state index in [2.05, 4.69) is 37.3 Å². The van der Waals surface area contributed by atoms with Crippen LogP contribution in [0.3, 0.4) is 0 Å². The second-order valence-electron chi connectivity index (χ2n) is 6.26. The first-order valence-corrected chi connectivity index (χ1v) is 8.05. The Kier molecular flexibility index (Phi) is 5.41. The minimum atomic E-state index is 0.353. The van der Waals surface area contributed by atoms with E-state index in [9.17, 15) is 0 Å². The molecule has 0 spiro atoms. The van der Waals surface area contributed by atoms with E-state index in [-0.39, 0.29) is 0 Å². The lowest BCUT2D eigenvalue weighted by Gasteiger charge is -2.35. The Labute approximate surface area is 123 Å². The zero-order valence-electron chi connectivity index (χ0n) is 13.2. The van der Waals surface area contributed by atoms with Crippen LogP contribution in [-0.2, 0) is 0 Å². The molecule has 1 heterocycles. The van der Waals surface area contributed by atoms with E-state index in [4.69, 9.17) is 5.73 Å². The van der Waals surface area contributed by atoms with E-state index in [0.717, 1.165) is 5.92 Å². The third-order valence-corrected chi connectivity index (χ3v) is 4.92. The molecule has 3 heteroatoms. The Morgan fingerprint density at radius 3 is 2.60 bits per heavy atom. The predicted molar refractivity (Wildman–Crippen MR) is 85.5 cm³/mol. The molecule has 0 aliphatic heterocycles. The zero-order valence-corrected chi connectivity index (χ0v) is 13.2. The Bertz CT molecular complexity index is 402. The van der Waals surface area contributed by atoms with Crippen molar-refractivity contribution in [1.82, 2.24) is 10.3 Å². The van der Waals surface area contributed by atoms with Crippen LogP contribution in [0.2, 0.25) is 0 Å². The van der Waals surface area contributed by atoms with Crippen molar-refractivity contribution in [3.63, 3.8) is 0 Å². The third kappa shape index (κ3) is 3.32. The van der Waals surface area contributed by atoms with Gasteiger partial charge < -0.3 is 11.1 Å².